The second-order valence-corrected chi connectivity index (χ2v) is 11.0. The maximum atomic E-state index is 13.7. The van der Waals surface area contributed by atoms with Gasteiger partial charge in [-0.1, -0.05) is 66.7 Å². The van der Waals surface area contributed by atoms with Gasteiger partial charge in [-0.05, 0) is 71.7 Å². The van der Waals surface area contributed by atoms with E-state index < -0.39 is 0 Å². The number of para-hydroxylation sites is 1. The first kappa shape index (κ1) is 25.2. The van der Waals surface area contributed by atoms with Crippen LogP contribution in [0.2, 0.25) is 0 Å². The molecule has 2 aromatic heterocycles. The summed E-state index contributed by atoms with van der Waals surface area (Å²) in [7, 11) is 0. The molecule has 1 atom stereocenters. The van der Waals surface area contributed by atoms with E-state index in [2.05, 4.69) is 87.0 Å². The van der Waals surface area contributed by atoms with Gasteiger partial charge in [0.25, 0.3) is 0 Å². The van der Waals surface area contributed by atoms with Crippen molar-refractivity contribution in [2.24, 2.45) is 0 Å². The zero-order valence-electron chi connectivity index (χ0n) is 23.1. The van der Waals surface area contributed by atoms with Crippen LogP contribution in [0.25, 0.3) is 32.9 Å². The number of fused-ring (bicyclic) bond motifs is 2. The molecule has 0 aliphatic carbocycles. The Bertz CT molecular complexity index is 1810. The molecule has 1 unspecified atom stereocenters. The Morgan fingerprint density at radius 2 is 1.63 bits per heavy atom. The summed E-state index contributed by atoms with van der Waals surface area (Å²) >= 11 is 0. The Morgan fingerprint density at radius 3 is 2.51 bits per heavy atom. The minimum atomic E-state index is -0.298. The van der Waals surface area contributed by atoms with E-state index in [1.165, 1.54) is 41.5 Å². The molecule has 1 aliphatic rings. The molecule has 4 aromatic carbocycles. The minimum Gasteiger partial charge on any atom is -0.371 e. The maximum absolute atomic E-state index is 13.7. The Balaban J connectivity index is 1.34. The fourth-order valence-corrected chi connectivity index (χ4v) is 6.36. The lowest BCUT2D eigenvalue weighted by molar-refractivity contribution is -0.120. The van der Waals surface area contributed by atoms with Crippen LogP contribution in [0.15, 0.2) is 109 Å². The summed E-state index contributed by atoms with van der Waals surface area (Å²) in [6.45, 7) is 2.09. The summed E-state index contributed by atoms with van der Waals surface area (Å²) in [5, 5.41) is 5.75. The number of hydrogen-bond donors (Lipinski definition) is 3. The lowest BCUT2D eigenvalue weighted by Gasteiger charge is -2.33. The molecule has 204 valence electrons. The highest BCUT2D eigenvalue weighted by Crippen LogP contribution is 2.42. The fourth-order valence-electron chi connectivity index (χ4n) is 6.36. The highest BCUT2D eigenvalue weighted by Gasteiger charge is 2.26. The molecule has 3 N–H and O–H groups in total. The van der Waals surface area contributed by atoms with E-state index in [9.17, 15) is 4.79 Å². The highest BCUT2D eigenvalue weighted by atomic mass is 16.1. The van der Waals surface area contributed by atoms with Crippen molar-refractivity contribution >= 4 is 33.4 Å². The van der Waals surface area contributed by atoms with E-state index in [1.54, 1.807) is 0 Å². The Labute approximate surface area is 240 Å². The molecule has 0 spiro atoms. The predicted octanol–water partition coefficient (Wildman–Crippen LogP) is 7.75. The fraction of sp³-hybridized carbons (Fsp3) is 0.194. The lowest BCUT2D eigenvalue weighted by Crippen LogP contribution is -2.32. The molecule has 1 fully saturated rings. The van der Waals surface area contributed by atoms with Gasteiger partial charge in [-0.2, -0.15) is 0 Å². The van der Waals surface area contributed by atoms with Crippen molar-refractivity contribution in [1.82, 2.24) is 15.3 Å². The smallest absolute Gasteiger partial charge is 0.225 e. The van der Waals surface area contributed by atoms with Crippen LogP contribution in [0.1, 0.15) is 42.0 Å². The molecule has 5 nitrogen and oxygen atoms in total. The monoisotopic (exact) mass is 538 g/mol. The lowest BCUT2D eigenvalue weighted by atomic mass is 9.88. The van der Waals surface area contributed by atoms with Crippen molar-refractivity contribution in [3.05, 3.63) is 126 Å². The second-order valence-electron chi connectivity index (χ2n) is 11.0. The van der Waals surface area contributed by atoms with Crippen LogP contribution < -0.4 is 10.2 Å². The molecule has 6 aromatic rings. The molecule has 7 rings (SSSR count). The van der Waals surface area contributed by atoms with Crippen molar-refractivity contribution in [3.63, 3.8) is 0 Å². The van der Waals surface area contributed by atoms with Gasteiger partial charge in [0.1, 0.15) is 0 Å². The molecular weight excluding hydrogens is 504 g/mol. The Morgan fingerprint density at radius 1 is 0.805 bits per heavy atom. The van der Waals surface area contributed by atoms with Crippen LogP contribution >= 0.6 is 0 Å². The molecule has 1 aliphatic heterocycles. The molecular formula is C36H34N4O. The van der Waals surface area contributed by atoms with Crippen molar-refractivity contribution in [2.75, 3.05) is 18.0 Å². The summed E-state index contributed by atoms with van der Waals surface area (Å²) in [5.74, 6) is 0.00184. The first-order chi connectivity index (χ1) is 20.2. The van der Waals surface area contributed by atoms with Crippen LogP contribution in [0.3, 0.4) is 0 Å². The van der Waals surface area contributed by atoms with Crippen LogP contribution in [0.4, 0.5) is 5.69 Å². The molecule has 41 heavy (non-hydrogen) atoms. The number of benzene rings is 4. The van der Waals surface area contributed by atoms with Crippen LogP contribution in [-0.2, 0) is 11.2 Å². The second kappa shape index (κ2) is 11.0. The quantitative estimate of drug-likeness (QED) is 0.195. The number of aromatic nitrogens is 2. The number of hydrogen-bond acceptors (Lipinski definition) is 2. The Kier molecular flexibility index (Phi) is 6.77. The molecule has 0 radical (unpaired) electrons. The molecule has 5 heteroatoms. The van der Waals surface area contributed by atoms with Gasteiger partial charge in [0.2, 0.25) is 5.91 Å². The third-order valence-corrected chi connectivity index (χ3v) is 8.36. The SMILES string of the molecule is O=C(Cc1ccc2[nH]ccc2c1)NC(c1ccccc1)c1cccc(N2CCCCC2)c1-c1c[nH]c2ccccc12. The van der Waals surface area contributed by atoms with E-state index in [0.717, 1.165) is 46.2 Å². The van der Waals surface area contributed by atoms with Gasteiger partial charge in [0.05, 0.1) is 12.5 Å². The number of aromatic amines is 2. The predicted molar refractivity (Wildman–Crippen MR) is 168 cm³/mol. The number of carbonyl (C=O) groups is 1. The molecule has 3 heterocycles. The average molecular weight is 539 g/mol. The third-order valence-electron chi connectivity index (χ3n) is 8.36. The number of amides is 1. The van der Waals surface area contributed by atoms with Gasteiger partial charge < -0.3 is 20.2 Å². The maximum Gasteiger partial charge on any atom is 0.225 e. The van der Waals surface area contributed by atoms with Gasteiger partial charge in [-0.3, -0.25) is 4.79 Å². The zero-order valence-corrected chi connectivity index (χ0v) is 23.1. The summed E-state index contributed by atoms with van der Waals surface area (Å²) in [5.41, 5.74) is 8.97. The van der Waals surface area contributed by atoms with E-state index in [-0.39, 0.29) is 11.9 Å². The first-order valence-electron chi connectivity index (χ1n) is 14.6. The average Bonchev–Trinajstić information content (AvgIpc) is 3.67. The summed E-state index contributed by atoms with van der Waals surface area (Å²) < 4.78 is 0. The summed E-state index contributed by atoms with van der Waals surface area (Å²) in [6.07, 6.45) is 8.05. The number of piperidine rings is 1. The third kappa shape index (κ3) is 5.00. The van der Waals surface area contributed by atoms with Crippen molar-refractivity contribution < 1.29 is 4.79 Å². The zero-order chi connectivity index (χ0) is 27.6. The van der Waals surface area contributed by atoms with E-state index in [0.29, 0.717) is 6.42 Å². The van der Waals surface area contributed by atoms with Crippen LogP contribution in [0.5, 0.6) is 0 Å². The molecule has 1 amide bonds. The number of anilines is 1. The van der Waals surface area contributed by atoms with Gasteiger partial charge in [0.15, 0.2) is 0 Å². The van der Waals surface area contributed by atoms with Crippen molar-refractivity contribution in [1.29, 1.82) is 0 Å². The number of carbonyl (C=O) groups excluding carboxylic acids is 1. The number of nitrogens with zero attached hydrogens (tertiary/aromatic N) is 1. The largest absolute Gasteiger partial charge is 0.371 e. The summed E-state index contributed by atoms with van der Waals surface area (Å²) in [6, 6.07) is 33.3. The first-order valence-corrected chi connectivity index (χ1v) is 14.6. The normalized spacial score (nSPS) is 14.4. The van der Waals surface area contributed by atoms with Gasteiger partial charge in [0, 0.05) is 58.7 Å². The molecule has 1 saturated heterocycles. The van der Waals surface area contributed by atoms with E-state index in [4.69, 9.17) is 0 Å². The molecule has 0 saturated carbocycles. The number of rotatable bonds is 7. The van der Waals surface area contributed by atoms with Gasteiger partial charge >= 0.3 is 0 Å². The van der Waals surface area contributed by atoms with E-state index >= 15 is 0 Å². The van der Waals surface area contributed by atoms with Crippen molar-refractivity contribution in [2.45, 2.75) is 31.7 Å². The van der Waals surface area contributed by atoms with E-state index in [1.807, 2.05) is 42.6 Å². The van der Waals surface area contributed by atoms with Gasteiger partial charge in [-0.15, -0.1) is 0 Å². The van der Waals surface area contributed by atoms with Crippen LogP contribution in [-0.4, -0.2) is 29.0 Å². The Hall–Kier alpha value is -4.77. The molecule has 0 bridgehead atoms. The number of nitrogens with one attached hydrogen (secondary N) is 3. The topological polar surface area (TPSA) is 63.9 Å². The van der Waals surface area contributed by atoms with Crippen molar-refractivity contribution in [3.8, 4) is 11.1 Å². The summed E-state index contributed by atoms with van der Waals surface area (Å²) in [4.78, 5) is 23.0. The van der Waals surface area contributed by atoms with Gasteiger partial charge in [-0.25, -0.2) is 0 Å². The standard InChI is InChI=1S/C36H34N4O/c41-34(23-25-16-17-31-27(22-25)18-19-37-31)39-36(26-10-3-1-4-11-26)29-13-9-15-33(40-20-7-2-8-21-40)35(29)30-24-38-32-14-6-5-12-28(30)32/h1,3-6,9-19,22,24,36-38H,2,7-8,20-21,23H2,(H,39,41). The number of H-pyrrole nitrogens is 2. The highest BCUT2D eigenvalue weighted by molar-refractivity contribution is 6.00. The van der Waals surface area contributed by atoms with Crippen LogP contribution in [0, 0.1) is 0 Å². The minimum absolute atomic E-state index is 0.00184.